The minimum absolute atomic E-state index is 0.0927. The molecule has 0 amide bonds. The maximum absolute atomic E-state index is 11.9. The molecule has 0 bridgehead atoms. The lowest BCUT2D eigenvalue weighted by Gasteiger charge is -2.32. The van der Waals surface area contributed by atoms with E-state index < -0.39 is 14.9 Å². The summed E-state index contributed by atoms with van der Waals surface area (Å²) in [5.41, 5.74) is -0.122. The molecule has 1 aliphatic carbocycles. The molecule has 0 spiro atoms. The molecule has 2 aliphatic rings. The average molecular weight is 384 g/mol. The van der Waals surface area contributed by atoms with Crippen molar-refractivity contribution in [3.8, 4) is 0 Å². The van der Waals surface area contributed by atoms with Gasteiger partial charge in [0.15, 0.2) is 0 Å². The highest BCUT2D eigenvalue weighted by Gasteiger charge is 2.29. The molecule has 11 heteroatoms. The molecule has 26 heavy (non-hydrogen) atoms. The molecule has 0 atom stereocenters. The van der Waals surface area contributed by atoms with Gasteiger partial charge in [-0.3, -0.25) is 10.1 Å². The second kappa shape index (κ2) is 7.70. The van der Waals surface area contributed by atoms with Crippen LogP contribution in [-0.2, 0) is 10.0 Å². The summed E-state index contributed by atoms with van der Waals surface area (Å²) in [6, 6.07) is 0.153. The van der Waals surface area contributed by atoms with Gasteiger partial charge >= 0.3 is 5.69 Å². The van der Waals surface area contributed by atoms with E-state index in [0.29, 0.717) is 38.3 Å². The average Bonchev–Trinajstić information content (AvgIpc) is 3.39. The first-order valence-electron chi connectivity index (χ1n) is 8.91. The van der Waals surface area contributed by atoms with Gasteiger partial charge in [0.25, 0.3) is 0 Å². The minimum atomic E-state index is -3.23. The van der Waals surface area contributed by atoms with Gasteiger partial charge in [0.1, 0.15) is 6.20 Å². The normalized spacial score (nSPS) is 18.7. The third-order valence-electron chi connectivity index (χ3n) is 4.47. The van der Waals surface area contributed by atoms with Gasteiger partial charge in [-0.2, -0.15) is 4.98 Å². The van der Waals surface area contributed by atoms with Gasteiger partial charge in [-0.15, -0.1) is 0 Å². The van der Waals surface area contributed by atoms with E-state index in [1.165, 1.54) is 6.20 Å². The van der Waals surface area contributed by atoms with Gasteiger partial charge in [-0.1, -0.05) is 6.92 Å². The van der Waals surface area contributed by atoms with Gasteiger partial charge in [0.05, 0.1) is 10.7 Å². The van der Waals surface area contributed by atoms with Crippen LogP contribution in [0.3, 0.4) is 0 Å². The lowest BCUT2D eigenvalue weighted by molar-refractivity contribution is -0.384. The van der Waals surface area contributed by atoms with Crippen molar-refractivity contribution in [3.63, 3.8) is 0 Å². The number of nitrogens with one attached hydrogen (secondary N) is 2. The quantitative estimate of drug-likeness (QED) is 0.506. The molecule has 2 fully saturated rings. The summed E-state index contributed by atoms with van der Waals surface area (Å²) in [4.78, 5) is 21.1. The van der Waals surface area contributed by atoms with Crippen LogP contribution in [0.1, 0.15) is 39.0 Å². The molecule has 1 saturated heterocycles. The maximum Gasteiger partial charge on any atom is 0.329 e. The topological polar surface area (TPSA) is 130 Å². The van der Waals surface area contributed by atoms with Crippen molar-refractivity contribution >= 4 is 27.5 Å². The minimum Gasteiger partial charge on any atom is -0.361 e. The van der Waals surface area contributed by atoms with Crippen LogP contribution in [0, 0.1) is 10.1 Å². The van der Waals surface area contributed by atoms with E-state index in [2.05, 4.69) is 20.0 Å². The second-order valence-electron chi connectivity index (χ2n) is 6.78. The number of anilines is 2. The lowest BCUT2D eigenvalue weighted by Crippen LogP contribution is -2.45. The summed E-state index contributed by atoms with van der Waals surface area (Å²) in [6.07, 6.45) is 5.09. The fourth-order valence-corrected chi connectivity index (χ4v) is 4.36. The standard InChI is InChI=1S/C15H24N6O4S/c1-2-9-26(24,25)19-12-5-7-20(8-6-12)15-16-10-13(21(22)23)14(18-15)17-11-3-4-11/h10-12,19H,2-9H2,1H3,(H,16,17,18). The van der Waals surface area contributed by atoms with Crippen LogP contribution in [0.5, 0.6) is 0 Å². The van der Waals surface area contributed by atoms with Crippen molar-refractivity contribution in [1.82, 2.24) is 14.7 Å². The SMILES string of the molecule is CCCS(=O)(=O)NC1CCN(c2ncc([N+](=O)[O-])c(NC3CC3)n2)CC1. The Bertz CT molecular complexity index is 759. The van der Waals surface area contributed by atoms with Gasteiger partial charge in [0.2, 0.25) is 21.8 Å². The Morgan fingerprint density at radius 3 is 2.54 bits per heavy atom. The molecule has 2 N–H and O–H groups in total. The highest BCUT2D eigenvalue weighted by atomic mass is 32.2. The zero-order chi connectivity index (χ0) is 18.7. The Hall–Kier alpha value is -2.01. The first kappa shape index (κ1) is 18.8. The zero-order valence-corrected chi connectivity index (χ0v) is 15.5. The molecule has 10 nitrogen and oxygen atoms in total. The van der Waals surface area contributed by atoms with Crippen LogP contribution in [0.4, 0.5) is 17.5 Å². The molecule has 144 valence electrons. The maximum atomic E-state index is 11.9. The largest absolute Gasteiger partial charge is 0.361 e. The summed E-state index contributed by atoms with van der Waals surface area (Å²) in [5, 5.41) is 14.2. The Balaban J connectivity index is 1.64. The van der Waals surface area contributed by atoms with E-state index in [1.54, 1.807) is 0 Å². The third-order valence-corrected chi connectivity index (χ3v) is 6.11. The van der Waals surface area contributed by atoms with Crippen molar-refractivity contribution in [2.24, 2.45) is 0 Å². The van der Waals surface area contributed by atoms with Crippen molar-refractivity contribution in [1.29, 1.82) is 0 Å². The van der Waals surface area contributed by atoms with Crippen molar-refractivity contribution in [2.75, 3.05) is 29.1 Å². The van der Waals surface area contributed by atoms with E-state index in [-0.39, 0.29) is 29.3 Å². The van der Waals surface area contributed by atoms with E-state index in [9.17, 15) is 18.5 Å². The summed E-state index contributed by atoms with van der Waals surface area (Å²) >= 11 is 0. The lowest BCUT2D eigenvalue weighted by atomic mass is 10.1. The smallest absolute Gasteiger partial charge is 0.329 e. The molecule has 0 unspecified atom stereocenters. The first-order chi connectivity index (χ1) is 12.4. The van der Waals surface area contributed by atoms with Crippen molar-refractivity contribution in [3.05, 3.63) is 16.3 Å². The van der Waals surface area contributed by atoms with Gasteiger partial charge in [-0.05, 0) is 32.1 Å². The molecular weight excluding hydrogens is 360 g/mol. The summed E-state index contributed by atoms with van der Waals surface area (Å²) < 4.78 is 26.5. The number of nitro groups is 1. The summed E-state index contributed by atoms with van der Waals surface area (Å²) in [6.45, 7) is 3.03. The Labute approximate surface area is 152 Å². The van der Waals surface area contributed by atoms with Gasteiger partial charge in [0, 0.05) is 25.2 Å². The van der Waals surface area contributed by atoms with Crippen LogP contribution in [-0.4, -0.2) is 54.2 Å². The van der Waals surface area contributed by atoms with Crippen LogP contribution in [0.15, 0.2) is 6.20 Å². The highest BCUT2D eigenvalue weighted by molar-refractivity contribution is 7.89. The molecule has 1 saturated carbocycles. The predicted octanol–water partition coefficient (Wildman–Crippen LogP) is 1.26. The number of nitrogens with zero attached hydrogens (tertiary/aromatic N) is 4. The monoisotopic (exact) mass is 384 g/mol. The molecular formula is C15H24N6O4S. The second-order valence-corrected chi connectivity index (χ2v) is 8.65. The van der Waals surface area contributed by atoms with E-state index in [4.69, 9.17) is 0 Å². The number of hydrogen-bond acceptors (Lipinski definition) is 8. The van der Waals surface area contributed by atoms with Crippen LogP contribution in [0.25, 0.3) is 0 Å². The highest BCUT2D eigenvalue weighted by Crippen LogP contribution is 2.30. The molecule has 1 aromatic heterocycles. The van der Waals surface area contributed by atoms with Crippen LogP contribution < -0.4 is 14.9 Å². The van der Waals surface area contributed by atoms with E-state index in [1.807, 2.05) is 11.8 Å². The molecule has 0 aromatic carbocycles. The van der Waals surface area contributed by atoms with E-state index >= 15 is 0 Å². The zero-order valence-electron chi connectivity index (χ0n) is 14.7. The van der Waals surface area contributed by atoms with Crippen molar-refractivity contribution in [2.45, 2.75) is 51.1 Å². The number of hydrogen-bond donors (Lipinski definition) is 2. The predicted molar refractivity (Wildman–Crippen MR) is 97.8 cm³/mol. The summed E-state index contributed by atoms with van der Waals surface area (Å²) in [5.74, 6) is 0.830. The molecule has 1 aliphatic heterocycles. The van der Waals surface area contributed by atoms with Gasteiger partial charge in [-0.25, -0.2) is 18.1 Å². The fourth-order valence-electron chi connectivity index (χ4n) is 2.96. The van der Waals surface area contributed by atoms with Crippen LogP contribution >= 0.6 is 0 Å². The molecule has 3 rings (SSSR count). The number of rotatable bonds is 8. The Morgan fingerprint density at radius 1 is 1.27 bits per heavy atom. The fraction of sp³-hybridized carbons (Fsp3) is 0.733. The Kier molecular flexibility index (Phi) is 5.56. The number of aromatic nitrogens is 2. The number of sulfonamides is 1. The number of piperidine rings is 1. The van der Waals surface area contributed by atoms with E-state index in [0.717, 1.165) is 12.8 Å². The third kappa shape index (κ3) is 4.79. The van der Waals surface area contributed by atoms with Crippen LogP contribution in [0.2, 0.25) is 0 Å². The molecule has 2 heterocycles. The molecule has 0 radical (unpaired) electrons. The Morgan fingerprint density at radius 2 is 1.96 bits per heavy atom. The molecule has 1 aromatic rings. The first-order valence-corrected chi connectivity index (χ1v) is 10.6. The van der Waals surface area contributed by atoms with Crippen molar-refractivity contribution < 1.29 is 13.3 Å². The summed E-state index contributed by atoms with van der Waals surface area (Å²) in [7, 11) is -3.23. The van der Waals surface area contributed by atoms with Gasteiger partial charge < -0.3 is 10.2 Å².